The molecule has 2 rings (SSSR count). The molecule has 1 aromatic carbocycles. The molecule has 1 aromatic heterocycles. The highest BCUT2D eigenvalue weighted by Crippen LogP contribution is 2.19. The molecule has 0 saturated carbocycles. The molecule has 3 N–H and O–H groups in total. The van der Waals surface area contributed by atoms with E-state index in [4.69, 9.17) is 5.73 Å². The van der Waals surface area contributed by atoms with Gasteiger partial charge in [-0.25, -0.2) is 0 Å². The fraction of sp³-hybridized carbons (Fsp3) is 0.0909. The van der Waals surface area contributed by atoms with Crippen molar-refractivity contribution in [2.75, 3.05) is 11.1 Å². The summed E-state index contributed by atoms with van der Waals surface area (Å²) >= 11 is 3.29. The van der Waals surface area contributed by atoms with Crippen molar-refractivity contribution in [3.05, 3.63) is 40.5 Å². The maximum Gasteiger partial charge on any atom is 0.258 e. The van der Waals surface area contributed by atoms with Gasteiger partial charge < -0.3 is 11.1 Å². The lowest BCUT2D eigenvalue weighted by Gasteiger charge is -2.05. The normalized spacial score (nSPS) is 10.2. The average molecular weight is 295 g/mol. The molecule has 0 atom stereocenters. The van der Waals surface area contributed by atoms with E-state index >= 15 is 0 Å². The minimum Gasteiger partial charge on any atom is -0.398 e. The van der Waals surface area contributed by atoms with Crippen molar-refractivity contribution >= 4 is 33.3 Å². The molecule has 0 bridgehead atoms. The highest BCUT2D eigenvalue weighted by Gasteiger charge is 2.11. The lowest BCUT2D eigenvalue weighted by molar-refractivity contribution is 0.102. The Bertz CT molecular complexity index is 564. The Balaban J connectivity index is 2.20. The standard InChI is InChI=1S/C11H11BrN4O/c1-16-5-4-10(15-16)14-11(17)8-3-2-7(12)6-9(8)13/h2-6H,13H2,1H3,(H,14,15,17). The Morgan fingerprint density at radius 3 is 2.82 bits per heavy atom. The third-order valence-corrected chi connectivity index (χ3v) is 2.71. The first-order valence-electron chi connectivity index (χ1n) is 4.92. The lowest BCUT2D eigenvalue weighted by Crippen LogP contribution is -2.14. The molecular weight excluding hydrogens is 284 g/mol. The van der Waals surface area contributed by atoms with Crippen LogP contribution in [-0.4, -0.2) is 15.7 Å². The summed E-state index contributed by atoms with van der Waals surface area (Å²) in [7, 11) is 1.78. The van der Waals surface area contributed by atoms with Crippen LogP contribution in [0, 0.1) is 0 Å². The van der Waals surface area contributed by atoms with Crippen LogP contribution < -0.4 is 11.1 Å². The topological polar surface area (TPSA) is 72.9 Å². The highest BCUT2D eigenvalue weighted by atomic mass is 79.9. The quantitative estimate of drug-likeness (QED) is 0.832. The molecule has 0 saturated heterocycles. The molecule has 88 valence electrons. The third-order valence-electron chi connectivity index (χ3n) is 2.21. The minimum absolute atomic E-state index is 0.270. The first-order chi connectivity index (χ1) is 8.06. The van der Waals surface area contributed by atoms with Crippen LogP contribution >= 0.6 is 15.9 Å². The van der Waals surface area contributed by atoms with Gasteiger partial charge in [0.1, 0.15) is 0 Å². The second kappa shape index (κ2) is 4.58. The van der Waals surface area contributed by atoms with E-state index in [2.05, 4.69) is 26.3 Å². The predicted octanol–water partition coefficient (Wildman–Crippen LogP) is 2.02. The van der Waals surface area contributed by atoms with Crippen LogP contribution in [0.3, 0.4) is 0 Å². The van der Waals surface area contributed by atoms with Gasteiger partial charge in [-0.1, -0.05) is 15.9 Å². The number of nitrogen functional groups attached to an aromatic ring is 1. The van der Waals surface area contributed by atoms with Crippen LogP contribution in [0.15, 0.2) is 34.9 Å². The van der Waals surface area contributed by atoms with Gasteiger partial charge in [0.25, 0.3) is 5.91 Å². The molecule has 17 heavy (non-hydrogen) atoms. The molecule has 0 spiro atoms. The van der Waals surface area contributed by atoms with E-state index in [9.17, 15) is 4.79 Å². The zero-order valence-electron chi connectivity index (χ0n) is 9.14. The third kappa shape index (κ3) is 2.65. The molecule has 0 aliphatic rings. The molecule has 0 aliphatic heterocycles. The number of carbonyl (C=O) groups excluding carboxylic acids is 1. The van der Waals surface area contributed by atoms with Gasteiger partial charge in [-0.05, 0) is 18.2 Å². The number of aromatic nitrogens is 2. The summed E-state index contributed by atoms with van der Waals surface area (Å²) in [5, 5.41) is 6.73. The number of nitrogens with one attached hydrogen (secondary N) is 1. The molecule has 0 unspecified atom stereocenters. The first kappa shape index (κ1) is 11.7. The first-order valence-corrected chi connectivity index (χ1v) is 5.71. The van der Waals surface area contributed by atoms with Crippen molar-refractivity contribution in [2.45, 2.75) is 0 Å². The van der Waals surface area contributed by atoms with E-state index in [-0.39, 0.29) is 5.91 Å². The maximum atomic E-state index is 11.9. The Labute approximate surface area is 107 Å². The monoisotopic (exact) mass is 294 g/mol. The highest BCUT2D eigenvalue weighted by molar-refractivity contribution is 9.10. The molecule has 0 aliphatic carbocycles. The van der Waals surface area contributed by atoms with E-state index in [0.717, 1.165) is 4.47 Å². The molecule has 0 radical (unpaired) electrons. The minimum atomic E-state index is -0.270. The summed E-state index contributed by atoms with van der Waals surface area (Å²) in [5.41, 5.74) is 6.62. The summed E-state index contributed by atoms with van der Waals surface area (Å²) in [6.45, 7) is 0. The van der Waals surface area contributed by atoms with Crippen LogP contribution in [0.25, 0.3) is 0 Å². The van der Waals surface area contributed by atoms with Gasteiger partial charge in [0, 0.05) is 29.5 Å². The number of aryl methyl sites for hydroxylation is 1. The van der Waals surface area contributed by atoms with Crippen molar-refractivity contribution in [1.29, 1.82) is 0 Å². The molecule has 0 fully saturated rings. The summed E-state index contributed by atoms with van der Waals surface area (Å²) in [5.74, 6) is 0.230. The van der Waals surface area contributed by atoms with Crippen LogP contribution in [0.4, 0.5) is 11.5 Å². The summed E-state index contributed by atoms with van der Waals surface area (Å²) in [6, 6.07) is 6.83. The van der Waals surface area contributed by atoms with Crippen molar-refractivity contribution < 1.29 is 4.79 Å². The zero-order valence-corrected chi connectivity index (χ0v) is 10.7. The summed E-state index contributed by atoms with van der Waals surface area (Å²) in [4.78, 5) is 11.9. The zero-order chi connectivity index (χ0) is 12.4. The van der Waals surface area contributed by atoms with Gasteiger partial charge in [0.15, 0.2) is 5.82 Å². The van der Waals surface area contributed by atoms with Gasteiger partial charge in [-0.2, -0.15) is 5.10 Å². The molecule has 5 nitrogen and oxygen atoms in total. The number of amides is 1. The maximum absolute atomic E-state index is 11.9. The number of anilines is 2. The number of rotatable bonds is 2. The average Bonchev–Trinajstić information content (AvgIpc) is 2.63. The Hall–Kier alpha value is -1.82. The number of benzene rings is 1. The molecule has 6 heteroatoms. The smallest absolute Gasteiger partial charge is 0.258 e. The van der Waals surface area contributed by atoms with Crippen molar-refractivity contribution in [3.63, 3.8) is 0 Å². The number of nitrogens with zero attached hydrogens (tertiary/aromatic N) is 2. The van der Waals surface area contributed by atoms with Crippen LogP contribution in [0.1, 0.15) is 10.4 Å². The Morgan fingerprint density at radius 2 is 2.24 bits per heavy atom. The van der Waals surface area contributed by atoms with Gasteiger partial charge in [0.05, 0.1) is 5.56 Å². The lowest BCUT2D eigenvalue weighted by atomic mass is 10.1. The van der Waals surface area contributed by atoms with Gasteiger partial charge >= 0.3 is 0 Å². The fourth-order valence-corrected chi connectivity index (χ4v) is 1.78. The Kier molecular flexibility index (Phi) is 3.14. The number of halogens is 1. The van der Waals surface area contributed by atoms with Gasteiger partial charge in [-0.3, -0.25) is 9.48 Å². The second-order valence-electron chi connectivity index (χ2n) is 3.56. The summed E-state index contributed by atoms with van der Waals surface area (Å²) < 4.78 is 2.45. The van der Waals surface area contributed by atoms with Gasteiger partial charge in [0.2, 0.25) is 0 Å². The molecular formula is C11H11BrN4O. The SMILES string of the molecule is Cn1ccc(NC(=O)c2ccc(Br)cc2N)n1. The van der Waals surface area contributed by atoms with Crippen LogP contribution in [-0.2, 0) is 7.05 Å². The fourth-order valence-electron chi connectivity index (χ4n) is 1.41. The summed E-state index contributed by atoms with van der Waals surface area (Å²) in [6.07, 6.45) is 1.75. The largest absolute Gasteiger partial charge is 0.398 e. The number of hydrogen-bond acceptors (Lipinski definition) is 3. The van der Waals surface area contributed by atoms with E-state index in [1.165, 1.54) is 0 Å². The van der Waals surface area contributed by atoms with E-state index < -0.39 is 0 Å². The van der Waals surface area contributed by atoms with E-state index in [1.807, 2.05) is 0 Å². The van der Waals surface area contributed by atoms with Crippen molar-refractivity contribution in [3.8, 4) is 0 Å². The number of carbonyl (C=O) groups is 1. The predicted molar refractivity (Wildman–Crippen MR) is 69.7 cm³/mol. The molecule has 1 amide bonds. The van der Waals surface area contributed by atoms with E-state index in [1.54, 1.807) is 42.2 Å². The van der Waals surface area contributed by atoms with E-state index in [0.29, 0.717) is 17.1 Å². The molecule has 2 aromatic rings. The van der Waals surface area contributed by atoms with Crippen molar-refractivity contribution in [2.24, 2.45) is 7.05 Å². The van der Waals surface area contributed by atoms with Crippen molar-refractivity contribution in [1.82, 2.24) is 9.78 Å². The number of hydrogen-bond donors (Lipinski definition) is 2. The second-order valence-corrected chi connectivity index (χ2v) is 4.48. The number of nitrogens with two attached hydrogens (primary N) is 1. The molecule has 1 heterocycles. The Morgan fingerprint density at radius 1 is 1.47 bits per heavy atom. The van der Waals surface area contributed by atoms with Crippen LogP contribution in [0.2, 0.25) is 0 Å². The van der Waals surface area contributed by atoms with Crippen LogP contribution in [0.5, 0.6) is 0 Å². The van der Waals surface area contributed by atoms with Gasteiger partial charge in [-0.15, -0.1) is 0 Å².